The molecule has 0 radical (unpaired) electrons. The van der Waals surface area contributed by atoms with Gasteiger partial charge < -0.3 is 0 Å². The number of rotatable bonds is 8. The lowest BCUT2D eigenvalue weighted by Gasteiger charge is -2.20. The van der Waals surface area contributed by atoms with Crippen LogP contribution >= 0.6 is 11.3 Å². The molecule has 1 unspecified atom stereocenters. The fourth-order valence-electron chi connectivity index (χ4n) is 8.74. The van der Waals surface area contributed by atoms with E-state index in [0.29, 0.717) is 0 Å². The quantitative estimate of drug-likeness (QED) is 0.147. The zero-order chi connectivity index (χ0) is 37.0. The van der Waals surface area contributed by atoms with Crippen molar-refractivity contribution >= 4 is 48.7 Å². The third-order valence-electron chi connectivity index (χ3n) is 11.6. The molecular formula is C54H37NS. The van der Waals surface area contributed by atoms with Crippen molar-refractivity contribution in [3.8, 4) is 43.8 Å². The summed E-state index contributed by atoms with van der Waals surface area (Å²) in [5.74, 6) is 0.217. The van der Waals surface area contributed by atoms with E-state index < -0.39 is 0 Å². The Hall–Kier alpha value is -6.74. The fourth-order valence-corrected chi connectivity index (χ4v) is 9.93. The number of hydrogen-bond acceptors (Lipinski definition) is 1. The van der Waals surface area contributed by atoms with E-state index in [1.54, 1.807) is 0 Å². The largest absolute Gasteiger partial charge is 0.299 e. The van der Waals surface area contributed by atoms with Crippen molar-refractivity contribution in [2.24, 2.45) is 0 Å². The average Bonchev–Trinajstić information content (AvgIpc) is 3.95. The molecule has 11 rings (SSSR count). The van der Waals surface area contributed by atoms with E-state index in [0.717, 1.165) is 6.42 Å². The standard InChI is InChI=1S/C54H37NS/c1-4-11-37(12-5-1)39-21-19-36(20-22-39)33-48(42-27-23-40(24-28-42)38-13-6-2-7-14-38)43-29-25-41(26-30-43)45-31-32-51-49(34-45)46-17-10-18-47-50-35-52(44-15-8-3-9-16-44)56-54(50)55(51)53(46)47/h1-32,34-35,48H,33H2. The molecule has 0 aliphatic rings. The molecule has 0 fully saturated rings. The summed E-state index contributed by atoms with van der Waals surface area (Å²) < 4.78 is 2.50. The van der Waals surface area contributed by atoms with Crippen LogP contribution in [0.3, 0.4) is 0 Å². The highest BCUT2D eigenvalue weighted by Crippen LogP contribution is 2.45. The molecule has 0 N–H and O–H groups in total. The van der Waals surface area contributed by atoms with E-state index in [1.807, 2.05) is 11.3 Å². The van der Waals surface area contributed by atoms with Gasteiger partial charge in [0.2, 0.25) is 0 Å². The monoisotopic (exact) mass is 731 g/mol. The lowest BCUT2D eigenvalue weighted by Crippen LogP contribution is -2.05. The average molecular weight is 732 g/mol. The summed E-state index contributed by atoms with van der Waals surface area (Å²) in [6, 6.07) is 75.9. The van der Waals surface area contributed by atoms with Gasteiger partial charge in [0.1, 0.15) is 4.83 Å². The molecule has 1 nitrogen and oxygen atoms in total. The van der Waals surface area contributed by atoms with Gasteiger partial charge in [0.05, 0.1) is 11.0 Å². The molecule has 11 aromatic rings. The van der Waals surface area contributed by atoms with E-state index in [9.17, 15) is 0 Å². The number of nitrogens with zero attached hydrogens (tertiary/aromatic N) is 1. The minimum Gasteiger partial charge on any atom is -0.299 e. The summed E-state index contributed by atoms with van der Waals surface area (Å²) in [4.78, 5) is 2.63. The van der Waals surface area contributed by atoms with Crippen LogP contribution in [0.4, 0.5) is 0 Å². The number of hydrogen-bond donors (Lipinski definition) is 0. The Balaban J connectivity index is 0.951. The molecule has 0 aliphatic carbocycles. The van der Waals surface area contributed by atoms with Crippen LogP contribution in [0, 0.1) is 0 Å². The summed E-state index contributed by atoms with van der Waals surface area (Å²) in [6.45, 7) is 0. The molecule has 0 spiro atoms. The number of thiophene rings is 1. The van der Waals surface area contributed by atoms with Gasteiger partial charge >= 0.3 is 0 Å². The predicted molar refractivity (Wildman–Crippen MR) is 239 cm³/mol. The van der Waals surface area contributed by atoms with Gasteiger partial charge in [0, 0.05) is 32.3 Å². The highest BCUT2D eigenvalue weighted by Gasteiger charge is 2.21. The van der Waals surface area contributed by atoms with Crippen molar-refractivity contribution in [1.29, 1.82) is 0 Å². The third-order valence-corrected chi connectivity index (χ3v) is 12.8. The third kappa shape index (κ3) is 5.61. The first-order valence-electron chi connectivity index (χ1n) is 19.4. The van der Waals surface area contributed by atoms with E-state index in [4.69, 9.17) is 0 Å². The van der Waals surface area contributed by atoms with Crippen molar-refractivity contribution in [3.05, 3.63) is 223 Å². The molecule has 264 valence electrons. The number of fused-ring (bicyclic) bond motifs is 6. The Morgan fingerprint density at radius 3 is 1.45 bits per heavy atom. The first-order chi connectivity index (χ1) is 27.7. The second kappa shape index (κ2) is 13.5. The second-order valence-electron chi connectivity index (χ2n) is 14.9. The molecule has 3 aromatic heterocycles. The SMILES string of the molecule is c1ccc(-c2ccc(CC(c3ccc(-c4ccccc4)cc3)c3ccc(-c4ccc5c(c4)c4cccc6c7cc(-c8ccccc8)sc7n5c46)cc3)cc2)cc1. The lowest BCUT2D eigenvalue weighted by atomic mass is 9.84. The zero-order valence-electron chi connectivity index (χ0n) is 30.8. The number of aromatic nitrogens is 1. The van der Waals surface area contributed by atoms with Crippen molar-refractivity contribution in [2.45, 2.75) is 12.3 Å². The number of para-hydroxylation sites is 1. The first-order valence-corrected chi connectivity index (χ1v) is 20.2. The molecule has 8 aromatic carbocycles. The van der Waals surface area contributed by atoms with Crippen molar-refractivity contribution in [3.63, 3.8) is 0 Å². The van der Waals surface area contributed by atoms with E-state index in [1.165, 1.54) is 97.9 Å². The van der Waals surface area contributed by atoms with E-state index >= 15 is 0 Å². The molecule has 0 saturated carbocycles. The summed E-state index contributed by atoms with van der Waals surface area (Å²) in [6.07, 6.45) is 0.920. The first kappa shape index (κ1) is 32.7. The van der Waals surface area contributed by atoms with Gasteiger partial charge in [-0.15, -0.1) is 11.3 Å². The van der Waals surface area contributed by atoms with Crippen LogP contribution in [0.1, 0.15) is 22.6 Å². The van der Waals surface area contributed by atoms with Gasteiger partial charge in [0.15, 0.2) is 0 Å². The van der Waals surface area contributed by atoms with Crippen LogP contribution in [-0.2, 0) is 6.42 Å². The van der Waals surface area contributed by atoms with Crippen molar-refractivity contribution in [1.82, 2.24) is 4.40 Å². The van der Waals surface area contributed by atoms with Gasteiger partial charge in [-0.2, -0.15) is 0 Å². The molecule has 0 aliphatic heterocycles. The van der Waals surface area contributed by atoms with Crippen LogP contribution in [0.15, 0.2) is 206 Å². The Morgan fingerprint density at radius 2 is 0.857 bits per heavy atom. The summed E-state index contributed by atoms with van der Waals surface area (Å²) in [5.41, 5.74) is 15.3. The maximum absolute atomic E-state index is 2.50. The number of benzene rings is 8. The van der Waals surface area contributed by atoms with E-state index in [-0.39, 0.29) is 5.92 Å². The van der Waals surface area contributed by atoms with Crippen LogP contribution in [-0.4, -0.2) is 4.40 Å². The minimum atomic E-state index is 0.217. The molecule has 56 heavy (non-hydrogen) atoms. The Labute approximate surface area is 330 Å². The second-order valence-corrected chi connectivity index (χ2v) is 15.9. The highest BCUT2D eigenvalue weighted by molar-refractivity contribution is 7.22. The molecule has 0 saturated heterocycles. The Kier molecular flexibility index (Phi) is 7.89. The topological polar surface area (TPSA) is 4.41 Å². The van der Waals surface area contributed by atoms with Gasteiger partial charge in [0.25, 0.3) is 0 Å². The molecular weight excluding hydrogens is 695 g/mol. The van der Waals surface area contributed by atoms with Gasteiger partial charge in [-0.3, -0.25) is 4.40 Å². The van der Waals surface area contributed by atoms with E-state index in [2.05, 4.69) is 211 Å². The summed E-state index contributed by atoms with van der Waals surface area (Å²) in [7, 11) is 0. The van der Waals surface area contributed by atoms with Crippen LogP contribution < -0.4 is 0 Å². The minimum absolute atomic E-state index is 0.217. The fraction of sp³-hybridized carbons (Fsp3) is 0.0370. The maximum Gasteiger partial charge on any atom is 0.109 e. The van der Waals surface area contributed by atoms with Crippen LogP contribution in [0.25, 0.3) is 81.2 Å². The van der Waals surface area contributed by atoms with Crippen molar-refractivity contribution in [2.75, 3.05) is 0 Å². The molecule has 2 heteroatoms. The normalized spacial score (nSPS) is 12.3. The Morgan fingerprint density at radius 1 is 0.375 bits per heavy atom. The van der Waals surface area contributed by atoms with Crippen molar-refractivity contribution < 1.29 is 0 Å². The van der Waals surface area contributed by atoms with Crippen LogP contribution in [0.2, 0.25) is 0 Å². The maximum atomic E-state index is 2.50. The van der Waals surface area contributed by atoms with Gasteiger partial charge in [-0.1, -0.05) is 188 Å². The predicted octanol–water partition coefficient (Wildman–Crippen LogP) is 14.9. The molecule has 0 bridgehead atoms. The van der Waals surface area contributed by atoms with Gasteiger partial charge in [-0.25, -0.2) is 0 Å². The Bertz CT molecular complexity index is 3100. The van der Waals surface area contributed by atoms with Crippen LogP contribution in [0.5, 0.6) is 0 Å². The summed E-state index contributed by atoms with van der Waals surface area (Å²) in [5, 5.41) is 5.29. The molecule has 1 atom stereocenters. The highest BCUT2D eigenvalue weighted by atomic mass is 32.1. The summed E-state index contributed by atoms with van der Waals surface area (Å²) >= 11 is 1.89. The lowest BCUT2D eigenvalue weighted by molar-refractivity contribution is 0.805. The zero-order valence-corrected chi connectivity index (χ0v) is 31.6. The molecule has 0 amide bonds. The van der Waals surface area contributed by atoms with Gasteiger partial charge in [-0.05, 0) is 80.3 Å². The smallest absolute Gasteiger partial charge is 0.109 e. The molecule has 3 heterocycles.